The zero-order valence-electron chi connectivity index (χ0n) is 27.7. The lowest BCUT2D eigenvalue weighted by Gasteiger charge is -2.58. The topological polar surface area (TPSA) is 102 Å². The van der Waals surface area contributed by atoms with Crippen LogP contribution in [0.2, 0.25) is 0 Å². The van der Waals surface area contributed by atoms with Crippen LogP contribution in [0.1, 0.15) is 137 Å². The molecule has 8 heteroatoms. The molecule has 4 aliphatic carbocycles. The second-order valence-electron chi connectivity index (χ2n) is 15.5. The Morgan fingerprint density at radius 1 is 0.977 bits per heavy atom. The first-order chi connectivity index (χ1) is 21.0. The fraction of sp³-hybridized carbons (Fsp3) is 0.833. The monoisotopic (exact) mass is 612 g/mol. The van der Waals surface area contributed by atoms with Gasteiger partial charge in [0, 0.05) is 32.2 Å². The molecule has 5 rings (SSSR count). The highest BCUT2D eigenvalue weighted by Gasteiger charge is 2.58. The van der Waals surface area contributed by atoms with Gasteiger partial charge in [0.25, 0.3) is 11.8 Å². The Kier molecular flexibility index (Phi) is 10.5. The number of rotatable bonds is 12. The van der Waals surface area contributed by atoms with Crippen molar-refractivity contribution in [3.8, 4) is 0 Å². The third kappa shape index (κ3) is 7.04. The second kappa shape index (κ2) is 13.9. The zero-order chi connectivity index (χ0) is 31.5. The molecule has 8 nitrogen and oxygen atoms in total. The third-order valence-electron chi connectivity index (χ3n) is 12.4. The summed E-state index contributed by atoms with van der Waals surface area (Å²) in [4.78, 5) is 52.5. The van der Waals surface area contributed by atoms with Gasteiger partial charge in [-0.25, -0.2) is 9.59 Å². The van der Waals surface area contributed by atoms with Crippen LogP contribution in [0.4, 0.5) is 4.79 Å². The molecule has 5 aliphatic rings. The van der Waals surface area contributed by atoms with Crippen LogP contribution in [-0.2, 0) is 24.0 Å². The molecule has 0 aromatic heterocycles. The van der Waals surface area contributed by atoms with Gasteiger partial charge in [0.2, 0.25) is 0 Å². The summed E-state index contributed by atoms with van der Waals surface area (Å²) in [5, 5.41) is 3.39. The fourth-order valence-corrected chi connectivity index (χ4v) is 9.84. The third-order valence-corrected chi connectivity index (χ3v) is 12.4. The normalized spacial score (nSPS) is 34.7. The highest BCUT2D eigenvalue weighted by atomic mass is 16.7. The summed E-state index contributed by atoms with van der Waals surface area (Å²) in [6.45, 7) is 10.2. The van der Waals surface area contributed by atoms with Gasteiger partial charge in [-0.1, -0.05) is 58.6 Å². The number of nitrogens with one attached hydrogen (secondary N) is 1. The summed E-state index contributed by atoms with van der Waals surface area (Å²) >= 11 is 0. The Labute approximate surface area is 264 Å². The van der Waals surface area contributed by atoms with Crippen molar-refractivity contribution in [2.24, 2.45) is 40.4 Å². The molecule has 1 saturated heterocycles. The van der Waals surface area contributed by atoms with E-state index in [2.05, 4.69) is 39.1 Å². The molecular weight excluding hydrogens is 556 g/mol. The molecule has 0 radical (unpaired) electrons. The summed E-state index contributed by atoms with van der Waals surface area (Å²) in [5.41, 5.74) is 2.27. The molecule has 1 aliphatic heterocycles. The Morgan fingerprint density at radius 2 is 1.75 bits per heavy atom. The number of allylic oxidation sites excluding steroid dienone is 1. The number of hydrogen-bond acceptors (Lipinski definition) is 6. The minimum atomic E-state index is -0.614. The van der Waals surface area contributed by atoms with E-state index in [4.69, 9.17) is 9.57 Å². The Bertz CT molecular complexity index is 1100. The molecule has 3 saturated carbocycles. The van der Waals surface area contributed by atoms with Crippen molar-refractivity contribution < 1.29 is 28.8 Å². The van der Waals surface area contributed by atoms with Gasteiger partial charge in [0.1, 0.15) is 6.10 Å². The number of nitrogens with zero attached hydrogens (tertiary/aromatic N) is 1. The Balaban J connectivity index is 1.04. The number of carbonyl (C=O) groups excluding carboxylic acids is 4. The van der Waals surface area contributed by atoms with Crippen LogP contribution in [0.25, 0.3) is 0 Å². The lowest BCUT2D eigenvalue weighted by molar-refractivity contribution is -0.197. The van der Waals surface area contributed by atoms with Crippen molar-refractivity contribution in [1.29, 1.82) is 0 Å². The predicted molar refractivity (Wildman–Crippen MR) is 168 cm³/mol. The van der Waals surface area contributed by atoms with Gasteiger partial charge >= 0.3 is 12.1 Å². The largest absolute Gasteiger partial charge is 0.446 e. The smallest absolute Gasteiger partial charge is 0.407 e. The molecule has 7 unspecified atom stereocenters. The summed E-state index contributed by atoms with van der Waals surface area (Å²) in [7, 11) is 0. The molecular formula is C36H56N2O6. The molecule has 44 heavy (non-hydrogen) atoms. The molecule has 0 bridgehead atoms. The van der Waals surface area contributed by atoms with Crippen LogP contribution in [0.3, 0.4) is 0 Å². The van der Waals surface area contributed by atoms with Crippen LogP contribution in [-0.4, -0.2) is 41.6 Å². The number of ether oxygens (including phenoxy) is 1. The molecule has 0 spiro atoms. The van der Waals surface area contributed by atoms with Crippen LogP contribution >= 0.6 is 0 Å². The quantitative estimate of drug-likeness (QED) is 0.138. The van der Waals surface area contributed by atoms with Crippen molar-refractivity contribution in [3.05, 3.63) is 11.6 Å². The van der Waals surface area contributed by atoms with Gasteiger partial charge in [0.05, 0.1) is 0 Å². The average Bonchev–Trinajstić information content (AvgIpc) is 3.48. The van der Waals surface area contributed by atoms with E-state index < -0.39 is 23.9 Å². The van der Waals surface area contributed by atoms with Crippen molar-refractivity contribution in [2.75, 3.05) is 6.54 Å². The number of imide groups is 1. The van der Waals surface area contributed by atoms with E-state index >= 15 is 0 Å². The summed E-state index contributed by atoms with van der Waals surface area (Å²) in [5.74, 6) is 2.56. The van der Waals surface area contributed by atoms with E-state index in [0.29, 0.717) is 29.9 Å². The summed E-state index contributed by atoms with van der Waals surface area (Å²) < 4.78 is 5.86. The maximum Gasteiger partial charge on any atom is 0.407 e. The standard InChI is InChI=1S/C36H56N2O6/c1-24(2)9-5-6-10-25-13-15-29-28-14-12-26-23-27(18-20-36(26,4)30(28)19-21-35(25,29)3)43-34(42)37-22-8-7-11-33(41)44-38-31(39)16-17-32(38)40/h12,24-25,27-30H,5-11,13-23H2,1-4H3,(H,37,42). The highest BCUT2D eigenvalue weighted by Crippen LogP contribution is 2.66. The minimum absolute atomic E-state index is 0.0737. The van der Waals surface area contributed by atoms with E-state index in [1.54, 1.807) is 0 Å². The number of amides is 3. The van der Waals surface area contributed by atoms with Crippen molar-refractivity contribution in [3.63, 3.8) is 0 Å². The number of alkyl carbamates (subject to hydrolysis) is 1. The molecule has 7 atom stereocenters. The average molecular weight is 613 g/mol. The number of hydrogen-bond donors (Lipinski definition) is 1. The van der Waals surface area contributed by atoms with Gasteiger partial charge in [-0.2, -0.15) is 0 Å². The van der Waals surface area contributed by atoms with Crippen molar-refractivity contribution in [1.82, 2.24) is 10.4 Å². The highest BCUT2D eigenvalue weighted by molar-refractivity contribution is 6.01. The number of unbranched alkanes of at least 4 members (excludes halogenated alkanes) is 2. The van der Waals surface area contributed by atoms with E-state index in [0.717, 1.165) is 48.9 Å². The lowest BCUT2D eigenvalue weighted by atomic mass is 9.47. The molecule has 0 aromatic rings. The first-order valence-electron chi connectivity index (χ1n) is 17.7. The van der Waals surface area contributed by atoms with Gasteiger partial charge in [-0.05, 0) is 105 Å². The van der Waals surface area contributed by atoms with Gasteiger partial charge in [0.15, 0.2) is 0 Å². The molecule has 3 amide bonds. The maximum atomic E-state index is 12.6. The van der Waals surface area contributed by atoms with Gasteiger partial charge in [-0.3, -0.25) is 9.59 Å². The van der Waals surface area contributed by atoms with Gasteiger partial charge in [-0.15, -0.1) is 5.06 Å². The van der Waals surface area contributed by atoms with E-state index in [1.807, 2.05) is 0 Å². The summed E-state index contributed by atoms with van der Waals surface area (Å²) in [6, 6.07) is 0. The van der Waals surface area contributed by atoms with E-state index in [9.17, 15) is 19.2 Å². The minimum Gasteiger partial charge on any atom is -0.446 e. The number of hydroxylamine groups is 2. The molecule has 0 aromatic carbocycles. The lowest BCUT2D eigenvalue weighted by Crippen LogP contribution is -2.50. The molecule has 4 fully saturated rings. The van der Waals surface area contributed by atoms with Crippen LogP contribution < -0.4 is 5.32 Å². The van der Waals surface area contributed by atoms with Crippen LogP contribution in [0.15, 0.2) is 11.6 Å². The second-order valence-corrected chi connectivity index (χ2v) is 15.5. The van der Waals surface area contributed by atoms with E-state index in [1.165, 1.54) is 63.4 Å². The molecule has 246 valence electrons. The van der Waals surface area contributed by atoms with Crippen LogP contribution in [0, 0.1) is 40.4 Å². The van der Waals surface area contributed by atoms with E-state index in [-0.39, 0.29) is 30.8 Å². The number of fused-ring (bicyclic) bond motifs is 5. The maximum absolute atomic E-state index is 12.6. The number of carbonyl (C=O) groups is 4. The fourth-order valence-electron chi connectivity index (χ4n) is 9.84. The predicted octanol–water partition coefficient (Wildman–Crippen LogP) is 7.65. The SMILES string of the molecule is CC(C)CCCCC1CCC2C3CC=C4CC(OC(=O)NCCCCC(=O)ON5C(=O)CCC5=O)CCC4(C)C3CCC12C. The Morgan fingerprint density at radius 3 is 2.50 bits per heavy atom. The first kappa shape index (κ1) is 33.0. The van der Waals surface area contributed by atoms with Crippen molar-refractivity contribution in [2.45, 2.75) is 143 Å². The van der Waals surface area contributed by atoms with Crippen molar-refractivity contribution >= 4 is 23.9 Å². The first-order valence-corrected chi connectivity index (χ1v) is 17.7. The zero-order valence-corrected chi connectivity index (χ0v) is 27.7. The summed E-state index contributed by atoms with van der Waals surface area (Å²) in [6.07, 6.45) is 18.5. The van der Waals surface area contributed by atoms with Crippen LogP contribution in [0.5, 0.6) is 0 Å². The van der Waals surface area contributed by atoms with Gasteiger partial charge < -0.3 is 14.9 Å². The molecule has 1 heterocycles. The molecule has 1 N–H and O–H groups in total. The Hall–Kier alpha value is -2.38.